The zero-order valence-corrected chi connectivity index (χ0v) is 18.2. The van der Waals surface area contributed by atoms with Crippen molar-refractivity contribution in [1.29, 1.82) is 0 Å². The predicted molar refractivity (Wildman–Crippen MR) is 120 cm³/mol. The molecule has 0 aliphatic rings. The molecule has 3 rings (SSSR count). The number of ether oxygens (including phenoxy) is 2. The van der Waals surface area contributed by atoms with Gasteiger partial charge in [-0.3, -0.25) is 18.7 Å². The minimum Gasteiger partial charge on any atom is -0.497 e. The standard InChI is InChI=1S/C23H27N3O5/c1-15(2)11-12-25-22(28)17-7-5-6-8-19(17)26(23(25)29)14-21(27)24-18-10-9-16(30-3)13-20(18)31-4/h5-10,13,15H,11-12,14H2,1-4H3,(H,24,27). The maximum absolute atomic E-state index is 13.1. The molecule has 2 aromatic carbocycles. The van der Waals surface area contributed by atoms with Gasteiger partial charge in [0.2, 0.25) is 5.91 Å². The van der Waals surface area contributed by atoms with E-state index in [-0.39, 0.29) is 12.1 Å². The second-order valence-corrected chi connectivity index (χ2v) is 7.64. The molecule has 1 heterocycles. The van der Waals surface area contributed by atoms with Crippen LogP contribution in [0.25, 0.3) is 10.9 Å². The number of carbonyl (C=O) groups excluding carboxylic acids is 1. The highest BCUT2D eigenvalue weighted by Gasteiger charge is 2.16. The van der Waals surface area contributed by atoms with Crippen LogP contribution in [0.15, 0.2) is 52.1 Å². The molecule has 0 fully saturated rings. The predicted octanol–water partition coefficient (Wildman–Crippen LogP) is 2.87. The van der Waals surface area contributed by atoms with Gasteiger partial charge in [0.1, 0.15) is 18.0 Å². The summed E-state index contributed by atoms with van der Waals surface area (Å²) in [5.41, 5.74) is 0.0462. The lowest BCUT2D eigenvalue weighted by atomic mass is 10.1. The lowest BCUT2D eigenvalue weighted by molar-refractivity contribution is -0.116. The van der Waals surface area contributed by atoms with Crippen molar-refractivity contribution in [1.82, 2.24) is 9.13 Å². The molecular formula is C23H27N3O5. The lowest BCUT2D eigenvalue weighted by Crippen LogP contribution is -2.42. The highest BCUT2D eigenvalue weighted by Crippen LogP contribution is 2.29. The largest absolute Gasteiger partial charge is 0.497 e. The van der Waals surface area contributed by atoms with Crippen LogP contribution in [-0.2, 0) is 17.9 Å². The first-order valence-electron chi connectivity index (χ1n) is 10.1. The second kappa shape index (κ2) is 9.51. The smallest absolute Gasteiger partial charge is 0.331 e. The molecule has 0 unspecified atom stereocenters. The Hall–Kier alpha value is -3.55. The monoisotopic (exact) mass is 425 g/mol. The number of methoxy groups -OCH3 is 2. The second-order valence-electron chi connectivity index (χ2n) is 7.64. The van der Waals surface area contributed by atoms with Gasteiger partial charge in [-0.25, -0.2) is 4.79 Å². The summed E-state index contributed by atoms with van der Waals surface area (Å²) in [5, 5.41) is 3.17. The highest BCUT2D eigenvalue weighted by atomic mass is 16.5. The molecule has 3 aromatic rings. The van der Waals surface area contributed by atoms with Crippen molar-refractivity contribution < 1.29 is 14.3 Å². The number of anilines is 1. The van der Waals surface area contributed by atoms with Gasteiger partial charge in [0.25, 0.3) is 5.56 Å². The Bertz CT molecular complexity index is 1210. The topological polar surface area (TPSA) is 91.6 Å². The number of amides is 1. The number of rotatable bonds is 8. The van der Waals surface area contributed by atoms with Gasteiger partial charge >= 0.3 is 5.69 Å². The summed E-state index contributed by atoms with van der Waals surface area (Å²) < 4.78 is 13.0. The highest BCUT2D eigenvalue weighted by molar-refractivity contribution is 5.93. The van der Waals surface area contributed by atoms with Crippen LogP contribution >= 0.6 is 0 Å². The molecule has 1 aromatic heterocycles. The number of hydrogen-bond acceptors (Lipinski definition) is 5. The summed E-state index contributed by atoms with van der Waals surface area (Å²) in [6.07, 6.45) is 0.683. The van der Waals surface area contributed by atoms with Crippen LogP contribution in [0.3, 0.4) is 0 Å². The van der Waals surface area contributed by atoms with E-state index in [0.717, 1.165) is 0 Å². The zero-order chi connectivity index (χ0) is 22.5. The maximum Gasteiger partial charge on any atom is 0.331 e. The van der Waals surface area contributed by atoms with E-state index >= 15 is 0 Å². The first-order valence-corrected chi connectivity index (χ1v) is 10.1. The first kappa shape index (κ1) is 22.1. The number of fused-ring (bicyclic) bond motifs is 1. The number of para-hydroxylation sites is 1. The third-order valence-corrected chi connectivity index (χ3v) is 5.05. The van der Waals surface area contributed by atoms with E-state index in [4.69, 9.17) is 9.47 Å². The van der Waals surface area contributed by atoms with Crippen LogP contribution < -0.4 is 26.0 Å². The fourth-order valence-electron chi connectivity index (χ4n) is 3.34. The SMILES string of the molecule is COc1ccc(NC(=O)Cn2c(=O)n(CCC(C)C)c(=O)c3ccccc32)c(OC)c1. The number of nitrogens with one attached hydrogen (secondary N) is 1. The fraction of sp³-hybridized carbons (Fsp3) is 0.348. The average molecular weight is 425 g/mol. The fourth-order valence-corrected chi connectivity index (χ4v) is 3.34. The van der Waals surface area contributed by atoms with Gasteiger partial charge in [0, 0.05) is 12.6 Å². The molecule has 8 heteroatoms. The Labute approximate surface area is 180 Å². The van der Waals surface area contributed by atoms with Crippen LogP contribution in [0.5, 0.6) is 11.5 Å². The summed E-state index contributed by atoms with van der Waals surface area (Å²) >= 11 is 0. The normalized spacial score (nSPS) is 11.0. The quantitative estimate of drug-likeness (QED) is 0.599. The van der Waals surface area contributed by atoms with Gasteiger partial charge in [-0.1, -0.05) is 26.0 Å². The molecular weight excluding hydrogens is 398 g/mol. The maximum atomic E-state index is 13.1. The van der Waals surface area contributed by atoms with Crippen molar-refractivity contribution >= 4 is 22.5 Å². The van der Waals surface area contributed by atoms with Crippen LogP contribution in [0.2, 0.25) is 0 Å². The average Bonchev–Trinajstić information content (AvgIpc) is 2.76. The summed E-state index contributed by atoms with van der Waals surface area (Å²) in [7, 11) is 3.03. The van der Waals surface area contributed by atoms with Crippen LogP contribution in [0.4, 0.5) is 5.69 Å². The van der Waals surface area contributed by atoms with Crippen molar-refractivity contribution in [2.24, 2.45) is 5.92 Å². The summed E-state index contributed by atoms with van der Waals surface area (Å²) in [6.45, 7) is 4.12. The van der Waals surface area contributed by atoms with Crippen LogP contribution in [-0.4, -0.2) is 29.3 Å². The Balaban J connectivity index is 1.98. The molecule has 164 valence electrons. The Morgan fingerprint density at radius 3 is 2.45 bits per heavy atom. The molecule has 1 N–H and O–H groups in total. The molecule has 0 spiro atoms. The van der Waals surface area contributed by atoms with E-state index in [1.807, 2.05) is 13.8 Å². The number of hydrogen-bond donors (Lipinski definition) is 1. The zero-order valence-electron chi connectivity index (χ0n) is 18.2. The molecule has 0 radical (unpaired) electrons. The summed E-state index contributed by atoms with van der Waals surface area (Å²) in [6, 6.07) is 11.8. The van der Waals surface area contributed by atoms with Crippen molar-refractivity contribution in [3.05, 3.63) is 63.3 Å². The van der Waals surface area contributed by atoms with Crippen molar-refractivity contribution in [3.8, 4) is 11.5 Å². The Morgan fingerprint density at radius 1 is 1.03 bits per heavy atom. The number of carbonyl (C=O) groups is 1. The summed E-state index contributed by atoms with van der Waals surface area (Å²) in [5.74, 6) is 0.947. The van der Waals surface area contributed by atoms with Crippen molar-refractivity contribution in [3.63, 3.8) is 0 Å². The first-order chi connectivity index (χ1) is 14.8. The molecule has 1 amide bonds. The Morgan fingerprint density at radius 2 is 1.77 bits per heavy atom. The van der Waals surface area contributed by atoms with Crippen molar-refractivity contribution in [2.75, 3.05) is 19.5 Å². The molecule has 0 saturated carbocycles. The number of aromatic nitrogens is 2. The van der Waals surface area contributed by atoms with Gasteiger partial charge in [-0.2, -0.15) is 0 Å². The Kier molecular flexibility index (Phi) is 6.79. The van der Waals surface area contributed by atoms with E-state index in [1.54, 1.807) is 49.6 Å². The molecule has 0 atom stereocenters. The molecule has 31 heavy (non-hydrogen) atoms. The van der Waals surface area contributed by atoms with Crippen LogP contribution in [0, 0.1) is 5.92 Å². The summed E-state index contributed by atoms with van der Waals surface area (Å²) in [4.78, 5) is 38.8. The molecule has 0 saturated heterocycles. The van der Waals surface area contributed by atoms with E-state index in [0.29, 0.717) is 47.0 Å². The minimum atomic E-state index is -0.499. The van der Waals surface area contributed by atoms with Crippen LogP contribution in [0.1, 0.15) is 20.3 Å². The molecule has 0 bridgehead atoms. The minimum absolute atomic E-state index is 0.240. The number of benzene rings is 2. The van der Waals surface area contributed by atoms with E-state index < -0.39 is 11.6 Å². The number of nitrogens with zero attached hydrogens (tertiary/aromatic N) is 2. The third kappa shape index (κ3) is 4.79. The van der Waals surface area contributed by atoms with E-state index in [2.05, 4.69) is 5.32 Å². The van der Waals surface area contributed by atoms with Crippen molar-refractivity contribution in [2.45, 2.75) is 33.4 Å². The van der Waals surface area contributed by atoms with E-state index in [1.165, 1.54) is 16.2 Å². The molecule has 0 aliphatic heterocycles. The van der Waals surface area contributed by atoms with Gasteiger partial charge in [0.05, 0.1) is 30.8 Å². The lowest BCUT2D eigenvalue weighted by Gasteiger charge is -2.16. The van der Waals surface area contributed by atoms with Gasteiger partial charge in [0.15, 0.2) is 0 Å². The molecule has 0 aliphatic carbocycles. The molecule has 8 nitrogen and oxygen atoms in total. The van der Waals surface area contributed by atoms with Gasteiger partial charge in [-0.15, -0.1) is 0 Å². The third-order valence-electron chi connectivity index (χ3n) is 5.05. The van der Waals surface area contributed by atoms with Gasteiger partial charge < -0.3 is 14.8 Å². The van der Waals surface area contributed by atoms with Gasteiger partial charge in [-0.05, 0) is 36.6 Å². The van der Waals surface area contributed by atoms with E-state index in [9.17, 15) is 14.4 Å².